The third kappa shape index (κ3) is 5.09. The zero-order valence-corrected chi connectivity index (χ0v) is 12.0. The molecule has 19 heavy (non-hydrogen) atoms. The second-order valence-corrected chi connectivity index (χ2v) is 5.46. The zero-order chi connectivity index (χ0) is 13.5. The number of ether oxygens (including phenoxy) is 2. The summed E-state index contributed by atoms with van der Waals surface area (Å²) in [6.45, 7) is 7.09. The van der Waals surface area contributed by atoms with Crippen LogP contribution in [0.4, 0.5) is 0 Å². The minimum Gasteiger partial charge on any atom is -0.469 e. The smallest absolute Gasteiger partial charge is 0.306 e. The van der Waals surface area contributed by atoms with Gasteiger partial charge in [0.1, 0.15) is 0 Å². The van der Waals surface area contributed by atoms with Crippen LogP contribution in [-0.4, -0.2) is 74.9 Å². The Morgan fingerprint density at radius 2 is 1.95 bits per heavy atom. The Morgan fingerprint density at radius 1 is 1.21 bits per heavy atom. The fourth-order valence-electron chi connectivity index (χ4n) is 2.79. The van der Waals surface area contributed by atoms with Crippen molar-refractivity contribution >= 4 is 5.97 Å². The lowest BCUT2D eigenvalue weighted by Gasteiger charge is -2.37. The minimum absolute atomic E-state index is 0.113. The topological polar surface area (TPSA) is 42.0 Å². The molecule has 0 spiro atoms. The average Bonchev–Trinajstić information content (AvgIpc) is 2.47. The summed E-state index contributed by atoms with van der Waals surface area (Å²) in [6, 6.07) is 0. The van der Waals surface area contributed by atoms with E-state index in [2.05, 4.69) is 14.5 Å². The molecular formula is C14H26N2O3. The third-order valence-electron chi connectivity index (χ3n) is 4.06. The molecule has 0 bridgehead atoms. The van der Waals surface area contributed by atoms with Gasteiger partial charge in [-0.15, -0.1) is 0 Å². The van der Waals surface area contributed by atoms with Crippen LogP contribution in [0.2, 0.25) is 0 Å². The van der Waals surface area contributed by atoms with E-state index in [0.717, 1.165) is 45.9 Å². The minimum atomic E-state index is -0.113. The maximum Gasteiger partial charge on any atom is 0.306 e. The molecule has 0 amide bonds. The normalized spacial score (nSPS) is 26.3. The van der Waals surface area contributed by atoms with E-state index in [-0.39, 0.29) is 5.97 Å². The van der Waals surface area contributed by atoms with E-state index in [0.29, 0.717) is 12.5 Å². The fraction of sp³-hybridized carbons (Fsp3) is 0.929. The van der Waals surface area contributed by atoms with Crippen molar-refractivity contribution in [3.05, 3.63) is 0 Å². The highest BCUT2D eigenvalue weighted by molar-refractivity contribution is 5.69. The van der Waals surface area contributed by atoms with E-state index >= 15 is 0 Å². The van der Waals surface area contributed by atoms with Crippen molar-refractivity contribution in [1.29, 1.82) is 0 Å². The highest BCUT2D eigenvalue weighted by Gasteiger charge is 2.22. The second kappa shape index (κ2) is 7.82. The molecule has 2 rings (SSSR count). The number of esters is 1. The van der Waals surface area contributed by atoms with Crippen LogP contribution in [0.1, 0.15) is 25.7 Å². The Morgan fingerprint density at radius 3 is 2.58 bits per heavy atom. The van der Waals surface area contributed by atoms with E-state index < -0.39 is 0 Å². The van der Waals surface area contributed by atoms with Gasteiger partial charge in [-0.2, -0.15) is 0 Å². The Hall–Kier alpha value is -0.650. The van der Waals surface area contributed by atoms with Gasteiger partial charge in [0.05, 0.1) is 19.6 Å². The van der Waals surface area contributed by atoms with Gasteiger partial charge >= 0.3 is 5.97 Å². The number of hydrogen-bond donors (Lipinski definition) is 0. The number of hydrogen-bond acceptors (Lipinski definition) is 5. The first-order valence-corrected chi connectivity index (χ1v) is 7.41. The molecule has 2 fully saturated rings. The Kier molecular flexibility index (Phi) is 6.07. The first kappa shape index (κ1) is 14.8. The van der Waals surface area contributed by atoms with Crippen LogP contribution >= 0.6 is 0 Å². The molecule has 0 aromatic rings. The molecule has 110 valence electrons. The predicted octanol–water partition coefficient (Wildman–Crippen LogP) is 0.736. The molecule has 2 aliphatic heterocycles. The van der Waals surface area contributed by atoms with Gasteiger partial charge < -0.3 is 14.4 Å². The van der Waals surface area contributed by atoms with Gasteiger partial charge in [0.15, 0.2) is 0 Å². The van der Waals surface area contributed by atoms with E-state index in [9.17, 15) is 4.79 Å². The first-order chi connectivity index (χ1) is 9.28. The first-order valence-electron chi connectivity index (χ1n) is 7.41. The number of carbonyl (C=O) groups excluding carboxylic acids is 1. The Bertz CT molecular complexity index is 272. The van der Waals surface area contributed by atoms with Crippen LogP contribution in [0.3, 0.4) is 0 Å². The molecule has 0 saturated carbocycles. The number of carbonyl (C=O) groups is 1. The van der Waals surface area contributed by atoms with Crippen molar-refractivity contribution in [2.24, 2.45) is 0 Å². The number of rotatable bonds is 5. The van der Waals surface area contributed by atoms with Crippen molar-refractivity contribution in [2.75, 3.05) is 53.0 Å². The largest absolute Gasteiger partial charge is 0.469 e. The van der Waals surface area contributed by atoms with E-state index in [1.807, 2.05) is 0 Å². The van der Waals surface area contributed by atoms with E-state index in [4.69, 9.17) is 4.74 Å². The second-order valence-electron chi connectivity index (χ2n) is 5.46. The molecular weight excluding hydrogens is 244 g/mol. The van der Waals surface area contributed by atoms with E-state index in [1.165, 1.54) is 26.4 Å². The molecule has 0 aliphatic carbocycles. The third-order valence-corrected chi connectivity index (χ3v) is 4.06. The number of piperazine rings is 1. The highest BCUT2D eigenvalue weighted by atomic mass is 16.5. The maximum absolute atomic E-state index is 11.1. The fourth-order valence-corrected chi connectivity index (χ4v) is 2.79. The number of nitrogens with zero attached hydrogens (tertiary/aromatic N) is 2. The quantitative estimate of drug-likeness (QED) is 0.689. The van der Waals surface area contributed by atoms with Crippen LogP contribution in [-0.2, 0) is 14.3 Å². The molecule has 5 heteroatoms. The standard InChI is InChI=1S/C14H26N2O3/c1-18-14(17)5-6-15-7-9-16(10-8-15)12-13-4-2-3-11-19-13/h13H,2-12H2,1H3. The molecule has 1 atom stereocenters. The van der Waals surface area contributed by atoms with Gasteiger partial charge in [0.2, 0.25) is 0 Å². The van der Waals surface area contributed by atoms with Gasteiger partial charge in [0.25, 0.3) is 0 Å². The zero-order valence-electron chi connectivity index (χ0n) is 12.0. The lowest BCUT2D eigenvalue weighted by atomic mass is 10.1. The molecule has 1 unspecified atom stereocenters. The van der Waals surface area contributed by atoms with Crippen LogP contribution in [0, 0.1) is 0 Å². The Labute approximate surface area is 115 Å². The van der Waals surface area contributed by atoms with Gasteiger partial charge in [-0.3, -0.25) is 9.69 Å². The van der Waals surface area contributed by atoms with Gasteiger partial charge in [-0.1, -0.05) is 0 Å². The summed E-state index contributed by atoms with van der Waals surface area (Å²) >= 11 is 0. The summed E-state index contributed by atoms with van der Waals surface area (Å²) in [5.74, 6) is -0.113. The molecule has 2 heterocycles. The van der Waals surface area contributed by atoms with Crippen LogP contribution < -0.4 is 0 Å². The molecule has 0 aromatic heterocycles. The number of methoxy groups -OCH3 is 1. The highest BCUT2D eigenvalue weighted by Crippen LogP contribution is 2.14. The van der Waals surface area contributed by atoms with Crippen LogP contribution in [0.25, 0.3) is 0 Å². The SMILES string of the molecule is COC(=O)CCN1CCN(CC2CCCCO2)CC1. The van der Waals surface area contributed by atoms with Crippen molar-refractivity contribution in [3.63, 3.8) is 0 Å². The molecule has 2 aliphatic rings. The van der Waals surface area contributed by atoms with Crippen molar-refractivity contribution in [2.45, 2.75) is 31.8 Å². The van der Waals surface area contributed by atoms with Crippen molar-refractivity contribution in [1.82, 2.24) is 9.80 Å². The summed E-state index contributed by atoms with van der Waals surface area (Å²) in [6.07, 6.45) is 4.68. The van der Waals surface area contributed by atoms with Gasteiger partial charge in [-0.25, -0.2) is 0 Å². The summed E-state index contributed by atoms with van der Waals surface area (Å²) < 4.78 is 10.5. The van der Waals surface area contributed by atoms with Crippen LogP contribution in [0.15, 0.2) is 0 Å². The summed E-state index contributed by atoms with van der Waals surface area (Å²) in [7, 11) is 1.45. The Balaban J connectivity index is 1.60. The van der Waals surface area contributed by atoms with Crippen molar-refractivity contribution in [3.8, 4) is 0 Å². The monoisotopic (exact) mass is 270 g/mol. The van der Waals surface area contributed by atoms with Crippen LogP contribution in [0.5, 0.6) is 0 Å². The van der Waals surface area contributed by atoms with Crippen molar-refractivity contribution < 1.29 is 14.3 Å². The maximum atomic E-state index is 11.1. The molecule has 0 radical (unpaired) electrons. The lowest BCUT2D eigenvalue weighted by molar-refractivity contribution is -0.141. The molecule has 0 aromatic carbocycles. The van der Waals surface area contributed by atoms with Gasteiger partial charge in [-0.05, 0) is 19.3 Å². The summed E-state index contributed by atoms with van der Waals surface area (Å²) in [5, 5.41) is 0. The lowest BCUT2D eigenvalue weighted by Crippen LogP contribution is -2.49. The summed E-state index contributed by atoms with van der Waals surface area (Å²) in [5.41, 5.74) is 0. The van der Waals surface area contributed by atoms with Gasteiger partial charge in [0, 0.05) is 45.9 Å². The summed E-state index contributed by atoms with van der Waals surface area (Å²) in [4.78, 5) is 15.9. The van der Waals surface area contributed by atoms with E-state index in [1.54, 1.807) is 0 Å². The molecule has 5 nitrogen and oxygen atoms in total. The molecule has 0 N–H and O–H groups in total. The average molecular weight is 270 g/mol. The predicted molar refractivity (Wildman–Crippen MR) is 73.1 cm³/mol. The molecule has 2 saturated heterocycles.